The first-order chi connectivity index (χ1) is 8.11. The van der Waals surface area contributed by atoms with E-state index in [1.165, 1.54) is 0 Å². The Hall–Kier alpha value is -0.300. The highest BCUT2D eigenvalue weighted by molar-refractivity contribution is 14.1. The van der Waals surface area contributed by atoms with Crippen molar-refractivity contribution in [1.82, 2.24) is 4.90 Å². The predicted octanol–water partition coefficient (Wildman–Crippen LogP) is 2.85. The van der Waals surface area contributed by atoms with Gasteiger partial charge in [0.1, 0.15) is 5.75 Å². The fourth-order valence-electron chi connectivity index (χ4n) is 1.99. The van der Waals surface area contributed by atoms with E-state index in [1.54, 1.807) is 18.2 Å². The Morgan fingerprint density at radius 2 is 2.35 bits per heavy atom. The Morgan fingerprint density at radius 1 is 1.59 bits per heavy atom. The number of benzene rings is 1. The molecule has 1 aromatic rings. The molecule has 1 aromatic carbocycles. The summed E-state index contributed by atoms with van der Waals surface area (Å²) in [6, 6.07) is 5.10. The smallest absolute Gasteiger partial charge is 0.257 e. The highest BCUT2D eigenvalue weighted by Gasteiger charge is 2.27. The molecule has 1 aliphatic heterocycles. The first kappa shape index (κ1) is 13.1. The summed E-state index contributed by atoms with van der Waals surface area (Å²) in [5.74, 6) is 0.533. The van der Waals surface area contributed by atoms with E-state index in [2.05, 4.69) is 38.5 Å². The molecule has 1 N–H and O–H groups in total. The fraction of sp³-hybridized carbons (Fsp3) is 0.417. The zero-order valence-electron chi connectivity index (χ0n) is 9.20. The number of nitrogens with zero attached hydrogens (tertiary/aromatic N) is 1. The van der Waals surface area contributed by atoms with Crippen molar-refractivity contribution in [2.75, 3.05) is 18.4 Å². The summed E-state index contributed by atoms with van der Waals surface area (Å²) in [5.41, 5.74) is 0.409. The van der Waals surface area contributed by atoms with Gasteiger partial charge in [0.05, 0.1) is 5.56 Å². The first-order valence-electron chi connectivity index (χ1n) is 5.45. The Morgan fingerprint density at radius 3 is 3.00 bits per heavy atom. The van der Waals surface area contributed by atoms with Crippen LogP contribution in [0, 0.1) is 9.49 Å². The van der Waals surface area contributed by atoms with Crippen molar-refractivity contribution >= 4 is 44.4 Å². The van der Waals surface area contributed by atoms with Gasteiger partial charge in [0.2, 0.25) is 0 Å². The molecule has 1 fully saturated rings. The van der Waals surface area contributed by atoms with Gasteiger partial charge in [-0.15, -0.1) is 0 Å². The normalized spacial score (nSPS) is 19.6. The number of likely N-dealkylation sites (tertiary alicyclic amines) is 1. The maximum absolute atomic E-state index is 12.2. The molecule has 17 heavy (non-hydrogen) atoms. The van der Waals surface area contributed by atoms with Gasteiger partial charge in [-0.25, -0.2) is 0 Å². The number of amides is 1. The van der Waals surface area contributed by atoms with Crippen LogP contribution in [0.4, 0.5) is 0 Å². The van der Waals surface area contributed by atoms with Crippen LogP contribution in [0.1, 0.15) is 16.8 Å². The van der Waals surface area contributed by atoms with E-state index in [4.69, 9.17) is 0 Å². The van der Waals surface area contributed by atoms with Crippen LogP contribution in [0.3, 0.4) is 0 Å². The summed E-state index contributed by atoms with van der Waals surface area (Å²) < 4.78 is 0.958. The molecule has 2 rings (SSSR count). The summed E-state index contributed by atoms with van der Waals surface area (Å²) in [6.45, 7) is 1.55. The summed E-state index contributed by atoms with van der Waals surface area (Å²) in [6.07, 6.45) is 1.03. The lowest BCUT2D eigenvalue weighted by molar-refractivity contribution is 0.0785. The van der Waals surface area contributed by atoms with Gasteiger partial charge in [0, 0.05) is 22.0 Å². The van der Waals surface area contributed by atoms with Crippen molar-refractivity contribution in [2.45, 2.75) is 6.42 Å². The topological polar surface area (TPSA) is 40.5 Å². The summed E-state index contributed by atoms with van der Waals surface area (Å²) in [5, 5.41) is 10.7. The number of rotatable bonds is 2. The van der Waals surface area contributed by atoms with Crippen LogP contribution in [0.2, 0.25) is 0 Å². The minimum Gasteiger partial charge on any atom is -0.507 e. The monoisotopic (exact) mass is 409 g/mol. The number of hydrogen-bond donors (Lipinski definition) is 1. The number of hydrogen-bond acceptors (Lipinski definition) is 2. The second-order valence-corrected chi connectivity index (χ2v) is 6.11. The van der Waals surface area contributed by atoms with Gasteiger partial charge in [-0.3, -0.25) is 4.79 Å². The van der Waals surface area contributed by atoms with E-state index in [-0.39, 0.29) is 11.7 Å². The number of alkyl halides is 1. The average molecular weight is 410 g/mol. The van der Waals surface area contributed by atoms with Crippen LogP contribution in [-0.4, -0.2) is 34.3 Å². The maximum atomic E-state index is 12.2. The summed E-state index contributed by atoms with van der Waals surface area (Å²) >= 11 is 5.59. The maximum Gasteiger partial charge on any atom is 0.257 e. The molecule has 1 unspecified atom stereocenters. The molecular formula is C12H13BrINO2. The van der Waals surface area contributed by atoms with Crippen LogP contribution >= 0.6 is 38.5 Å². The van der Waals surface area contributed by atoms with Crippen LogP contribution in [0.25, 0.3) is 0 Å². The van der Waals surface area contributed by atoms with Crippen molar-refractivity contribution in [1.29, 1.82) is 0 Å². The standard InChI is InChI=1S/C12H13BrINO2/c13-6-8-3-4-15(7-8)12(17)10-5-9(14)1-2-11(10)16/h1-2,5,8,16H,3-4,6-7H2. The Bertz CT molecular complexity index is 439. The number of carbonyl (C=O) groups excluding carboxylic acids is 1. The van der Waals surface area contributed by atoms with Crippen LogP contribution in [0.5, 0.6) is 5.75 Å². The number of carbonyl (C=O) groups is 1. The molecule has 92 valence electrons. The molecule has 1 aliphatic rings. The highest BCUT2D eigenvalue weighted by atomic mass is 127. The van der Waals surface area contributed by atoms with Crippen molar-refractivity contribution in [3.8, 4) is 5.75 Å². The minimum atomic E-state index is -0.0653. The zero-order chi connectivity index (χ0) is 12.4. The van der Waals surface area contributed by atoms with Gasteiger partial charge in [-0.1, -0.05) is 15.9 Å². The largest absolute Gasteiger partial charge is 0.507 e. The number of phenols is 1. The van der Waals surface area contributed by atoms with Gasteiger partial charge in [0.25, 0.3) is 5.91 Å². The van der Waals surface area contributed by atoms with Crippen LogP contribution in [-0.2, 0) is 0 Å². The third-order valence-corrected chi connectivity index (χ3v) is 4.57. The molecule has 1 atom stereocenters. The average Bonchev–Trinajstić information content (AvgIpc) is 2.80. The van der Waals surface area contributed by atoms with E-state index in [0.29, 0.717) is 11.5 Å². The summed E-state index contributed by atoms with van der Waals surface area (Å²) in [7, 11) is 0. The fourth-order valence-corrected chi connectivity index (χ4v) is 3.01. The lowest BCUT2D eigenvalue weighted by atomic mass is 10.1. The minimum absolute atomic E-state index is 0.0653. The van der Waals surface area contributed by atoms with E-state index >= 15 is 0 Å². The van der Waals surface area contributed by atoms with Gasteiger partial charge < -0.3 is 10.0 Å². The number of aromatic hydroxyl groups is 1. The Balaban J connectivity index is 2.17. The number of phenolic OH excluding ortho intramolecular Hbond substituents is 1. The van der Waals surface area contributed by atoms with E-state index in [1.807, 2.05) is 4.90 Å². The van der Waals surface area contributed by atoms with E-state index in [9.17, 15) is 9.90 Å². The van der Waals surface area contributed by atoms with Crippen molar-refractivity contribution in [2.24, 2.45) is 5.92 Å². The predicted molar refractivity (Wildman–Crippen MR) is 78.6 cm³/mol. The Kier molecular flexibility index (Phi) is 4.30. The van der Waals surface area contributed by atoms with Crippen molar-refractivity contribution in [3.05, 3.63) is 27.3 Å². The number of halogens is 2. The van der Waals surface area contributed by atoms with E-state index < -0.39 is 0 Å². The van der Waals surface area contributed by atoms with Crippen molar-refractivity contribution in [3.63, 3.8) is 0 Å². The second-order valence-electron chi connectivity index (χ2n) is 4.22. The molecule has 0 spiro atoms. The quantitative estimate of drug-likeness (QED) is 0.602. The van der Waals surface area contributed by atoms with E-state index in [0.717, 1.165) is 28.4 Å². The molecule has 5 heteroatoms. The SMILES string of the molecule is O=C(c1cc(I)ccc1O)N1CCC(CBr)C1. The molecule has 0 bridgehead atoms. The summed E-state index contributed by atoms with van der Waals surface area (Å²) in [4.78, 5) is 14.0. The highest BCUT2D eigenvalue weighted by Crippen LogP contribution is 2.25. The third kappa shape index (κ3) is 2.93. The van der Waals surface area contributed by atoms with Gasteiger partial charge in [-0.05, 0) is 53.1 Å². The lowest BCUT2D eigenvalue weighted by Crippen LogP contribution is -2.29. The molecule has 3 nitrogen and oxygen atoms in total. The van der Waals surface area contributed by atoms with Gasteiger partial charge >= 0.3 is 0 Å². The lowest BCUT2D eigenvalue weighted by Gasteiger charge is -2.17. The van der Waals surface area contributed by atoms with Crippen LogP contribution < -0.4 is 0 Å². The van der Waals surface area contributed by atoms with Gasteiger partial charge in [0.15, 0.2) is 0 Å². The zero-order valence-corrected chi connectivity index (χ0v) is 12.9. The Labute approximate surface area is 122 Å². The molecular weight excluding hydrogens is 397 g/mol. The van der Waals surface area contributed by atoms with Crippen molar-refractivity contribution < 1.29 is 9.90 Å². The first-order valence-corrected chi connectivity index (χ1v) is 7.65. The molecule has 0 aromatic heterocycles. The molecule has 1 heterocycles. The molecule has 0 aliphatic carbocycles. The van der Waals surface area contributed by atoms with Crippen LogP contribution in [0.15, 0.2) is 18.2 Å². The molecule has 1 saturated heterocycles. The molecule has 0 saturated carbocycles. The molecule has 1 amide bonds. The molecule has 0 radical (unpaired) electrons. The third-order valence-electron chi connectivity index (χ3n) is 2.98. The second kappa shape index (κ2) is 5.56. The van der Waals surface area contributed by atoms with Gasteiger partial charge in [-0.2, -0.15) is 0 Å².